The quantitative estimate of drug-likeness (QED) is 0.811. The normalized spacial score (nSPS) is 17.2. The zero-order chi connectivity index (χ0) is 12.3. The molecule has 0 atom stereocenters. The van der Waals surface area contributed by atoms with E-state index in [4.69, 9.17) is 10.7 Å². The Bertz CT molecular complexity index is 386. The van der Waals surface area contributed by atoms with Crippen LogP contribution in [0.1, 0.15) is 56.5 Å². The van der Waals surface area contributed by atoms with E-state index in [1.165, 1.54) is 32.1 Å². The molecule has 0 amide bonds. The molecule has 0 saturated heterocycles. The van der Waals surface area contributed by atoms with Gasteiger partial charge in [-0.3, -0.25) is 0 Å². The molecular formula is C14H23N3. The van der Waals surface area contributed by atoms with Gasteiger partial charge in [0.2, 0.25) is 0 Å². The summed E-state index contributed by atoms with van der Waals surface area (Å²) in [6.07, 6.45) is 9.33. The van der Waals surface area contributed by atoms with Gasteiger partial charge in [0.15, 0.2) is 0 Å². The summed E-state index contributed by atoms with van der Waals surface area (Å²) in [7, 11) is 0. The van der Waals surface area contributed by atoms with Crippen molar-refractivity contribution in [3.8, 4) is 0 Å². The number of nitrogens with two attached hydrogens (primary N) is 1. The van der Waals surface area contributed by atoms with E-state index in [1.807, 2.05) is 6.08 Å². The van der Waals surface area contributed by atoms with E-state index in [0.717, 1.165) is 30.3 Å². The minimum absolute atomic E-state index is 0.583. The number of aromatic nitrogens is 2. The highest BCUT2D eigenvalue weighted by Crippen LogP contribution is 2.35. The van der Waals surface area contributed by atoms with Gasteiger partial charge in [-0.2, -0.15) is 0 Å². The van der Waals surface area contributed by atoms with Crippen molar-refractivity contribution in [2.45, 2.75) is 57.9 Å². The Labute approximate surface area is 104 Å². The Morgan fingerprint density at radius 2 is 2.12 bits per heavy atom. The molecule has 1 heterocycles. The van der Waals surface area contributed by atoms with Crippen molar-refractivity contribution >= 4 is 5.82 Å². The van der Waals surface area contributed by atoms with E-state index in [9.17, 15) is 0 Å². The Morgan fingerprint density at radius 1 is 1.41 bits per heavy atom. The summed E-state index contributed by atoms with van der Waals surface area (Å²) in [5, 5.41) is 0. The summed E-state index contributed by atoms with van der Waals surface area (Å²) in [6.45, 7) is 6.69. The summed E-state index contributed by atoms with van der Waals surface area (Å²) in [6, 6.07) is 0. The van der Waals surface area contributed by atoms with E-state index in [0.29, 0.717) is 5.92 Å². The maximum atomic E-state index is 6.25. The first kappa shape index (κ1) is 12.2. The van der Waals surface area contributed by atoms with Gasteiger partial charge in [0.1, 0.15) is 11.6 Å². The zero-order valence-corrected chi connectivity index (χ0v) is 10.8. The average Bonchev–Trinajstić information content (AvgIpc) is 2.69. The lowest BCUT2D eigenvalue weighted by Crippen LogP contribution is -2.09. The summed E-state index contributed by atoms with van der Waals surface area (Å²) >= 11 is 0. The van der Waals surface area contributed by atoms with Crippen LogP contribution in [0.2, 0.25) is 0 Å². The van der Waals surface area contributed by atoms with Crippen molar-refractivity contribution in [2.75, 3.05) is 5.73 Å². The third-order valence-corrected chi connectivity index (χ3v) is 3.73. The average molecular weight is 233 g/mol. The van der Waals surface area contributed by atoms with Crippen LogP contribution in [0, 0.1) is 0 Å². The van der Waals surface area contributed by atoms with Crippen molar-refractivity contribution < 1.29 is 0 Å². The molecule has 1 fully saturated rings. The van der Waals surface area contributed by atoms with Gasteiger partial charge >= 0.3 is 0 Å². The minimum atomic E-state index is 0.583. The van der Waals surface area contributed by atoms with Gasteiger partial charge in [-0.05, 0) is 12.8 Å². The van der Waals surface area contributed by atoms with Gasteiger partial charge < -0.3 is 10.3 Å². The largest absolute Gasteiger partial charge is 0.384 e. The lowest BCUT2D eigenvalue weighted by atomic mass is 9.87. The van der Waals surface area contributed by atoms with Gasteiger partial charge in [0.25, 0.3) is 0 Å². The molecule has 0 bridgehead atoms. The van der Waals surface area contributed by atoms with Gasteiger partial charge in [-0.1, -0.05) is 32.3 Å². The molecule has 94 valence electrons. The molecular weight excluding hydrogens is 210 g/mol. The zero-order valence-electron chi connectivity index (χ0n) is 10.8. The second-order valence-electron chi connectivity index (χ2n) is 4.89. The Balaban J connectivity index is 2.30. The number of rotatable bonds is 4. The monoisotopic (exact) mass is 233 g/mol. The molecule has 1 aliphatic carbocycles. The number of aryl methyl sites for hydroxylation is 1. The molecule has 3 nitrogen and oxygen atoms in total. The highest BCUT2D eigenvalue weighted by molar-refractivity contribution is 5.41. The Morgan fingerprint density at radius 3 is 2.71 bits per heavy atom. The molecule has 0 unspecified atom stereocenters. The van der Waals surface area contributed by atoms with E-state index in [-0.39, 0.29) is 0 Å². The second-order valence-corrected chi connectivity index (χ2v) is 4.89. The summed E-state index contributed by atoms with van der Waals surface area (Å²) in [5.74, 6) is 2.55. The SMILES string of the molecule is C=CCn1c(CC)nc(C2CCCCC2)c1N. The predicted molar refractivity (Wildman–Crippen MR) is 72.0 cm³/mol. The van der Waals surface area contributed by atoms with E-state index >= 15 is 0 Å². The number of nitrogen functional groups attached to an aromatic ring is 1. The lowest BCUT2D eigenvalue weighted by molar-refractivity contribution is 0.438. The van der Waals surface area contributed by atoms with Crippen LogP contribution >= 0.6 is 0 Å². The highest BCUT2D eigenvalue weighted by Gasteiger charge is 2.23. The Hall–Kier alpha value is -1.25. The van der Waals surface area contributed by atoms with E-state index in [2.05, 4.69) is 18.1 Å². The molecule has 0 aliphatic heterocycles. The van der Waals surface area contributed by atoms with Gasteiger partial charge in [-0.15, -0.1) is 6.58 Å². The van der Waals surface area contributed by atoms with Crippen LogP contribution in [0.15, 0.2) is 12.7 Å². The number of hydrogen-bond donors (Lipinski definition) is 1. The molecule has 3 heteroatoms. The number of nitrogens with zero attached hydrogens (tertiary/aromatic N) is 2. The van der Waals surface area contributed by atoms with Crippen LogP contribution in [-0.4, -0.2) is 9.55 Å². The van der Waals surface area contributed by atoms with Crippen LogP contribution in [-0.2, 0) is 13.0 Å². The Kier molecular flexibility index (Phi) is 3.87. The first-order valence-corrected chi connectivity index (χ1v) is 6.73. The molecule has 0 radical (unpaired) electrons. The van der Waals surface area contributed by atoms with Crippen molar-refractivity contribution in [3.05, 3.63) is 24.2 Å². The molecule has 1 aromatic rings. The number of allylic oxidation sites excluding steroid dienone is 1. The molecule has 1 aromatic heterocycles. The van der Waals surface area contributed by atoms with E-state index < -0.39 is 0 Å². The molecule has 17 heavy (non-hydrogen) atoms. The first-order valence-electron chi connectivity index (χ1n) is 6.73. The van der Waals surface area contributed by atoms with Gasteiger partial charge in [0.05, 0.1) is 5.69 Å². The number of hydrogen-bond acceptors (Lipinski definition) is 2. The molecule has 1 aliphatic rings. The lowest BCUT2D eigenvalue weighted by Gasteiger charge is -2.20. The standard InChI is InChI=1S/C14H23N3/c1-3-10-17-12(4-2)16-13(14(17)15)11-8-6-5-7-9-11/h3,11H,1,4-10,15H2,2H3. The predicted octanol–water partition coefficient (Wildman–Crippen LogP) is 3.26. The molecule has 1 saturated carbocycles. The number of anilines is 1. The highest BCUT2D eigenvalue weighted by atomic mass is 15.1. The molecule has 0 spiro atoms. The first-order chi connectivity index (χ1) is 8.27. The van der Waals surface area contributed by atoms with Crippen molar-refractivity contribution in [1.29, 1.82) is 0 Å². The van der Waals surface area contributed by atoms with Crippen LogP contribution in [0.3, 0.4) is 0 Å². The second kappa shape index (κ2) is 5.39. The number of imidazole rings is 1. The molecule has 2 rings (SSSR count). The van der Waals surface area contributed by atoms with Crippen molar-refractivity contribution in [3.63, 3.8) is 0 Å². The summed E-state index contributed by atoms with van der Waals surface area (Å²) in [5.41, 5.74) is 7.39. The smallest absolute Gasteiger partial charge is 0.127 e. The van der Waals surface area contributed by atoms with E-state index in [1.54, 1.807) is 0 Å². The maximum absolute atomic E-state index is 6.25. The van der Waals surface area contributed by atoms with Crippen molar-refractivity contribution in [1.82, 2.24) is 9.55 Å². The molecule has 0 aromatic carbocycles. The maximum Gasteiger partial charge on any atom is 0.127 e. The topological polar surface area (TPSA) is 43.8 Å². The fourth-order valence-electron chi connectivity index (χ4n) is 2.81. The third kappa shape index (κ3) is 2.38. The summed E-state index contributed by atoms with van der Waals surface area (Å²) in [4.78, 5) is 4.76. The fraction of sp³-hybridized carbons (Fsp3) is 0.643. The van der Waals surface area contributed by atoms with Crippen LogP contribution in [0.25, 0.3) is 0 Å². The van der Waals surface area contributed by atoms with Gasteiger partial charge in [0, 0.05) is 18.9 Å². The third-order valence-electron chi connectivity index (χ3n) is 3.73. The van der Waals surface area contributed by atoms with Crippen LogP contribution in [0.4, 0.5) is 5.82 Å². The summed E-state index contributed by atoms with van der Waals surface area (Å²) < 4.78 is 2.11. The van der Waals surface area contributed by atoms with Crippen LogP contribution < -0.4 is 5.73 Å². The minimum Gasteiger partial charge on any atom is -0.384 e. The fourth-order valence-corrected chi connectivity index (χ4v) is 2.81. The van der Waals surface area contributed by atoms with Gasteiger partial charge in [-0.25, -0.2) is 4.98 Å². The van der Waals surface area contributed by atoms with Crippen molar-refractivity contribution in [2.24, 2.45) is 0 Å². The van der Waals surface area contributed by atoms with Crippen LogP contribution in [0.5, 0.6) is 0 Å². The molecule has 2 N–H and O–H groups in total.